The maximum absolute atomic E-state index is 11.8. The quantitative estimate of drug-likeness (QED) is 0.735. The van der Waals surface area contributed by atoms with Crippen molar-refractivity contribution < 1.29 is 14.7 Å². The minimum absolute atomic E-state index is 0.0811. The smallest absolute Gasteiger partial charge is 0.303 e. The fourth-order valence-electron chi connectivity index (χ4n) is 2.62. The van der Waals surface area contributed by atoms with E-state index in [4.69, 9.17) is 5.11 Å². The average Bonchev–Trinajstić information content (AvgIpc) is 2.31. The summed E-state index contributed by atoms with van der Waals surface area (Å²) in [4.78, 5) is 24.6. The van der Waals surface area contributed by atoms with E-state index in [1.54, 1.807) is 0 Å². The largest absolute Gasteiger partial charge is 0.481 e. The number of likely N-dealkylation sites (tertiary alicyclic amines) is 1. The maximum Gasteiger partial charge on any atom is 0.303 e. The van der Waals surface area contributed by atoms with Crippen LogP contribution in [0.2, 0.25) is 0 Å². The van der Waals surface area contributed by atoms with E-state index in [1.165, 1.54) is 0 Å². The molecule has 1 amide bonds. The molecule has 1 unspecified atom stereocenters. The van der Waals surface area contributed by atoms with Crippen LogP contribution in [0.15, 0.2) is 0 Å². The summed E-state index contributed by atoms with van der Waals surface area (Å²) in [5, 5.41) is 11.7. The van der Waals surface area contributed by atoms with Crippen LogP contribution in [0.5, 0.6) is 0 Å². The fourth-order valence-corrected chi connectivity index (χ4v) is 2.62. The predicted molar refractivity (Wildman–Crippen MR) is 73.9 cm³/mol. The number of rotatable bonds is 7. The molecular weight excluding hydrogens is 244 g/mol. The van der Waals surface area contributed by atoms with E-state index in [0.29, 0.717) is 6.54 Å². The molecule has 0 aliphatic carbocycles. The number of hydrogen-bond donors (Lipinski definition) is 2. The van der Waals surface area contributed by atoms with Crippen molar-refractivity contribution in [2.24, 2.45) is 5.92 Å². The van der Waals surface area contributed by atoms with Gasteiger partial charge < -0.3 is 10.4 Å². The van der Waals surface area contributed by atoms with Gasteiger partial charge in [-0.05, 0) is 45.2 Å². The molecule has 0 saturated carbocycles. The Bertz CT molecular complexity index is 299. The molecule has 1 aliphatic rings. The van der Waals surface area contributed by atoms with Crippen LogP contribution in [-0.4, -0.2) is 47.6 Å². The SMILES string of the molecule is CCCC(C)NC(=O)CN1CCC(CC(=O)O)CC1. The number of hydrogen-bond acceptors (Lipinski definition) is 3. The van der Waals surface area contributed by atoms with Crippen LogP contribution in [0, 0.1) is 5.92 Å². The first-order chi connectivity index (χ1) is 9.01. The molecule has 1 atom stereocenters. The van der Waals surface area contributed by atoms with Crippen LogP contribution in [-0.2, 0) is 9.59 Å². The lowest BCUT2D eigenvalue weighted by Crippen LogP contribution is -2.44. The minimum atomic E-state index is -0.718. The number of carboxylic acid groups (broad SMARTS) is 1. The van der Waals surface area contributed by atoms with Gasteiger partial charge in [0.25, 0.3) is 0 Å². The van der Waals surface area contributed by atoms with Crippen molar-refractivity contribution in [1.29, 1.82) is 0 Å². The molecular formula is C14H26N2O3. The summed E-state index contributed by atoms with van der Waals surface area (Å²) in [6.45, 7) is 6.23. The van der Waals surface area contributed by atoms with Crippen molar-refractivity contribution in [1.82, 2.24) is 10.2 Å². The Morgan fingerprint density at radius 2 is 2.00 bits per heavy atom. The highest BCUT2D eigenvalue weighted by Crippen LogP contribution is 2.20. The molecule has 1 rings (SSSR count). The Kier molecular flexibility index (Phi) is 6.84. The summed E-state index contributed by atoms with van der Waals surface area (Å²) >= 11 is 0. The number of carbonyl (C=O) groups is 2. The zero-order valence-electron chi connectivity index (χ0n) is 12.0. The molecule has 0 aromatic heterocycles. The molecule has 1 aliphatic heterocycles. The Morgan fingerprint density at radius 3 is 2.53 bits per heavy atom. The number of amides is 1. The van der Waals surface area contributed by atoms with Gasteiger partial charge in [0.05, 0.1) is 6.54 Å². The van der Waals surface area contributed by atoms with Gasteiger partial charge in [-0.25, -0.2) is 0 Å². The molecule has 5 heteroatoms. The van der Waals surface area contributed by atoms with Gasteiger partial charge in [-0.2, -0.15) is 0 Å². The fraction of sp³-hybridized carbons (Fsp3) is 0.857. The number of carboxylic acids is 1. The Labute approximate surface area is 115 Å². The Balaban J connectivity index is 2.21. The first-order valence-corrected chi connectivity index (χ1v) is 7.24. The third-order valence-corrected chi connectivity index (χ3v) is 3.67. The topological polar surface area (TPSA) is 69.6 Å². The summed E-state index contributed by atoms with van der Waals surface area (Å²) in [6.07, 6.45) is 4.09. The molecule has 0 radical (unpaired) electrons. The van der Waals surface area contributed by atoms with Crippen LogP contribution in [0.25, 0.3) is 0 Å². The third kappa shape index (κ3) is 6.57. The lowest BCUT2D eigenvalue weighted by Gasteiger charge is -2.31. The highest BCUT2D eigenvalue weighted by molar-refractivity contribution is 5.78. The van der Waals surface area contributed by atoms with Gasteiger partial charge in [0.1, 0.15) is 0 Å². The van der Waals surface area contributed by atoms with Gasteiger partial charge >= 0.3 is 5.97 Å². The molecule has 19 heavy (non-hydrogen) atoms. The number of carbonyl (C=O) groups excluding carboxylic acids is 1. The van der Waals surface area contributed by atoms with E-state index >= 15 is 0 Å². The molecule has 1 saturated heterocycles. The van der Waals surface area contributed by atoms with Gasteiger partial charge in [-0.3, -0.25) is 14.5 Å². The van der Waals surface area contributed by atoms with Crippen LogP contribution >= 0.6 is 0 Å². The van der Waals surface area contributed by atoms with Crippen molar-refractivity contribution in [3.63, 3.8) is 0 Å². The van der Waals surface area contributed by atoms with E-state index in [1.807, 2.05) is 6.92 Å². The standard InChI is InChI=1S/C14H26N2O3/c1-3-4-11(2)15-13(17)10-16-7-5-12(6-8-16)9-14(18)19/h11-12H,3-10H2,1-2H3,(H,15,17)(H,18,19). The molecule has 0 aromatic carbocycles. The second-order valence-corrected chi connectivity index (χ2v) is 5.57. The summed E-state index contributed by atoms with van der Waals surface area (Å²) in [6, 6.07) is 0.238. The Hall–Kier alpha value is -1.10. The van der Waals surface area contributed by atoms with Crippen molar-refractivity contribution in [3.8, 4) is 0 Å². The molecule has 5 nitrogen and oxygen atoms in total. The normalized spacial score (nSPS) is 19.1. The number of piperidine rings is 1. The van der Waals surface area contributed by atoms with Gasteiger partial charge in [0, 0.05) is 12.5 Å². The van der Waals surface area contributed by atoms with Gasteiger partial charge in [0.2, 0.25) is 5.91 Å². The lowest BCUT2D eigenvalue weighted by atomic mass is 9.94. The first kappa shape index (κ1) is 16.0. The second kappa shape index (κ2) is 8.15. The van der Waals surface area contributed by atoms with E-state index in [0.717, 1.165) is 38.8 Å². The second-order valence-electron chi connectivity index (χ2n) is 5.57. The highest BCUT2D eigenvalue weighted by atomic mass is 16.4. The number of aliphatic carboxylic acids is 1. The van der Waals surface area contributed by atoms with Crippen LogP contribution < -0.4 is 5.32 Å². The average molecular weight is 270 g/mol. The van der Waals surface area contributed by atoms with Crippen molar-refractivity contribution in [2.45, 2.75) is 52.0 Å². The van der Waals surface area contributed by atoms with Crippen molar-refractivity contribution in [3.05, 3.63) is 0 Å². The van der Waals surface area contributed by atoms with Crippen LogP contribution in [0.1, 0.15) is 46.0 Å². The zero-order valence-corrected chi connectivity index (χ0v) is 12.0. The summed E-state index contributed by atoms with van der Waals surface area (Å²) in [7, 11) is 0. The molecule has 0 spiro atoms. The molecule has 0 bridgehead atoms. The van der Waals surface area contributed by atoms with Crippen molar-refractivity contribution >= 4 is 11.9 Å². The number of nitrogens with zero attached hydrogens (tertiary/aromatic N) is 1. The van der Waals surface area contributed by atoms with Crippen LogP contribution in [0.4, 0.5) is 0 Å². The highest BCUT2D eigenvalue weighted by Gasteiger charge is 2.22. The lowest BCUT2D eigenvalue weighted by molar-refractivity contribution is -0.138. The van der Waals surface area contributed by atoms with Gasteiger partial charge in [0.15, 0.2) is 0 Å². The summed E-state index contributed by atoms with van der Waals surface area (Å²) in [5.41, 5.74) is 0. The Morgan fingerprint density at radius 1 is 1.37 bits per heavy atom. The van der Waals surface area contributed by atoms with E-state index in [-0.39, 0.29) is 24.3 Å². The summed E-state index contributed by atoms with van der Waals surface area (Å²) in [5.74, 6) is -0.363. The molecule has 0 aromatic rings. The maximum atomic E-state index is 11.8. The van der Waals surface area contributed by atoms with Crippen LogP contribution in [0.3, 0.4) is 0 Å². The number of nitrogens with one attached hydrogen (secondary N) is 1. The first-order valence-electron chi connectivity index (χ1n) is 7.24. The summed E-state index contributed by atoms with van der Waals surface area (Å²) < 4.78 is 0. The van der Waals surface area contributed by atoms with E-state index in [9.17, 15) is 9.59 Å². The molecule has 2 N–H and O–H groups in total. The van der Waals surface area contributed by atoms with Crippen molar-refractivity contribution in [2.75, 3.05) is 19.6 Å². The van der Waals surface area contributed by atoms with Gasteiger partial charge in [-0.1, -0.05) is 13.3 Å². The van der Waals surface area contributed by atoms with Gasteiger partial charge in [-0.15, -0.1) is 0 Å². The third-order valence-electron chi connectivity index (χ3n) is 3.67. The van der Waals surface area contributed by atoms with E-state index in [2.05, 4.69) is 17.1 Å². The van der Waals surface area contributed by atoms with E-state index < -0.39 is 5.97 Å². The molecule has 110 valence electrons. The zero-order chi connectivity index (χ0) is 14.3. The predicted octanol–water partition coefficient (Wildman–Crippen LogP) is 1.48. The monoisotopic (exact) mass is 270 g/mol. The minimum Gasteiger partial charge on any atom is -0.481 e. The molecule has 1 fully saturated rings. The molecule has 1 heterocycles.